The molecule has 2 heterocycles. The third kappa shape index (κ3) is 5.59. The molecule has 0 bridgehead atoms. The lowest BCUT2D eigenvalue weighted by atomic mass is 10.2. The van der Waals surface area contributed by atoms with Crippen molar-refractivity contribution in [1.82, 2.24) is 5.32 Å². The summed E-state index contributed by atoms with van der Waals surface area (Å²) in [4.78, 5) is 23.9. The fourth-order valence-corrected chi connectivity index (χ4v) is 2.76. The van der Waals surface area contributed by atoms with Crippen molar-refractivity contribution in [3.63, 3.8) is 0 Å². The van der Waals surface area contributed by atoms with E-state index in [0.29, 0.717) is 23.7 Å². The molecule has 3 rings (SSSR count). The summed E-state index contributed by atoms with van der Waals surface area (Å²) in [5, 5.41) is 2.70. The number of rotatable bonds is 8. The van der Waals surface area contributed by atoms with E-state index in [9.17, 15) is 9.59 Å². The van der Waals surface area contributed by atoms with Crippen molar-refractivity contribution >= 4 is 11.9 Å². The summed E-state index contributed by atoms with van der Waals surface area (Å²) in [5.41, 5.74) is 0.353. The van der Waals surface area contributed by atoms with E-state index >= 15 is 0 Å². The number of esters is 1. The van der Waals surface area contributed by atoms with E-state index in [0.717, 1.165) is 19.4 Å². The van der Waals surface area contributed by atoms with Gasteiger partial charge in [-0.2, -0.15) is 0 Å². The average Bonchev–Trinajstić information content (AvgIpc) is 3.38. The molecule has 0 radical (unpaired) electrons. The summed E-state index contributed by atoms with van der Waals surface area (Å²) in [5.74, 6) is 0.325. The predicted molar refractivity (Wildman–Crippen MR) is 96.5 cm³/mol. The molecular formula is C20H23NO6. The average molecular weight is 373 g/mol. The second kappa shape index (κ2) is 9.23. The highest BCUT2D eigenvalue weighted by atomic mass is 16.5. The van der Waals surface area contributed by atoms with Crippen LogP contribution in [0.15, 0.2) is 47.1 Å². The van der Waals surface area contributed by atoms with Gasteiger partial charge in [-0.15, -0.1) is 0 Å². The summed E-state index contributed by atoms with van der Waals surface area (Å²) < 4.78 is 21.4. The quantitative estimate of drug-likeness (QED) is 0.716. The van der Waals surface area contributed by atoms with Gasteiger partial charge in [0, 0.05) is 6.61 Å². The van der Waals surface area contributed by atoms with Crippen molar-refractivity contribution in [2.24, 2.45) is 0 Å². The van der Waals surface area contributed by atoms with Gasteiger partial charge in [-0.05, 0) is 56.2 Å². The van der Waals surface area contributed by atoms with Crippen LogP contribution in [0.3, 0.4) is 0 Å². The molecule has 0 aliphatic carbocycles. The maximum Gasteiger partial charge on any atom is 0.338 e. The minimum absolute atomic E-state index is 0.136. The first kappa shape index (κ1) is 19.0. The number of hydrogen-bond acceptors (Lipinski definition) is 6. The minimum Gasteiger partial charge on any atom is -0.491 e. The van der Waals surface area contributed by atoms with Gasteiger partial charge < -0.3 is 23.9 Å². The first-order valence-electron chi connectivity index (χ1n) is 8.96. The van der Waals surface area contributed by atoms with Crippen molar-refractivity contribution in [1.29, 1.82) is 0 Å². The number of hydrogen-bond donors (Lipinski definition) is 1. The Balaban J connectivity index is 1.41. The molecule has 0 unspecified atom stereocenters. The largest absolute Gasteiger partial charge is 0.491 e. The van der Waals surface area contributed by atoms with Gasteiger partial charge in [0.1, 0.15) is 18.1 Å². The van der Waals surface area contributed by atoms with E-state index in [2.05, 4.69) is 5.32 Å². The molecule has 1 N–H and O–H groups in total. The zero-order valence-electron chi connectivity index (χ0n) is 15.2. The number of amides is 1. The number of ether oxygens (including phenoxy) is 3. The van der Waals surface area contributed by atoms with Crippen LogP contribution in [0.25, 0.3) is 0 Å². The topological polar surface area (TPSA) is 87.0 Å². The molecule has 1 aliphatic rings. The fraction of sp³-hybridized carbons (Fsp3) is 0.400. The summed E-state index contributed by atoms with van der Waals surface area (Å²) in [7, 11) is 0. The van der Waals surface area contributed by atoms with Crippen LogP contribution in [0, 0.1) is 0 Å². The lowest BCUT2D eigenvalue weighted by Gasteiger charge is -2.12. The number of carbonyl (C=O) groups is 2. The summed E-state index contributed by atoms with van der Waals surface area (Å²) >= 11 is 0. The molecular weight excluding hydrogens is 350 g/mol. The Morgan fingerprint density at radius 3 is 2.74 bits per heavy atom. The Kier molecular flexibility index (Phi) is 6.49. The van der Waals surface area contributed by atoms with E-state index in [1.807, 2.05) is 0 Å². The molecule has 1 amide bonds. The lowest BCUT2D eigenvalue weighted by Crippen LogP contribution is -2.30. The van der Waals surface area contributed by atoms with Gasteiger partial charge in [-0.3, -0.25) is 4.79 Å². The molecule has 27 heavy (non-hydrogen) atoms. The second-order valence-electron chi connectivity index (χ2n) is 6.35. The molecule has 144 valence electrons. The van der Waals surface area contributed by atoms with Crippen LogP contribution in [-0.2, 0) is 14.3 Å². The normalized spacial score (nSPS) is 17.3. The van der Waals surface area contributed by atoms with Crippen molar-refractivity contribution in [2.75, 3.05) is 19.8 Å². The van der Waals surface area contributed by atoms with Crippen molar-refractivity contribution in [3.8, 4) is 5.75 Å². The second-order valence-corrected chi connectivity index (χ2v) is 6.35. The number of carbonyl (C=O) groups excluding carboxylic acids is 2. The summed E-state index contributed by atoms with van der Waals surface area (Å²) in [6.45, 7) is 2.71. The molecule has 2 atom stereocenters. The first-order valence-corrected chi connectivity index (χ1v) is 8.96. The fourth-order valence-electron chi connectivity index (χ4n) is 2.76. The molecule has 1 saturated heterocycles. The highest BCUT2D eigenvalue weighted by molar-refractivity contribution is 5.91. The van der Waals surface area contributed by atoms with Crippen LogP contribution in [-0.4, -0.2) is 37.8 Å². The standard InChI is InChI=1S/C20H23NO6/c1-14(18-5-3-11-25-18)21-19(22)13-27-20(23)15-6-8-16(9-7-15)26-12-17-4-2-10-24-17/h3,5-9,11,14,17H,2,4,10,12-13H2,1H3,(H,21,22)/t14-,17-/m1/s1. The van der Waals surface area contributed by atoms with Gasteiger partial charge in [0.05, 0.1) is 24.0 Å². The van der Waals surface area contributed by atoms with Crippen LogP contribution in [0.2, 0.25) is 0 Å². The maximum atomic E-state index is 12.1. The number of furan rings is 1. The van der Waals surface area contributed by atoms with Gasteiger partial charge in [0.2, 0.25) is 0 Å². The molecule has 1 aromatic carbocycles. The van der Waals surface area contributed by atoms with Gasteiger partial charge in [-0.1, -0.05) is 0 Å². The molecule has 7 heteroatoms. The van der Waals surface area contributed by atoms with Gasteiger partial charge in [-0.25, -0.2) is 4.79 Å². The summed E-state index contributed by atoms with van der Waals surface area (Å²) in [6.07, 6.45) is 3.74. The maximum absolute atomic E-state index is 12.1. The third-order valence-electron chi connectivity index (χ3n) is 4.23. The van der Waals surface area contributed by atoms with E-state index in [1.54, 1.807) is 43.3 Å². The molecule has 1 aromatic heterocycles. The minimum atomic E-state index is -0.568. The van der Waals surface area contributed by atoms with Crippen LogP contribution >= 0.6 is 0 Å². The Hall–Kier alpha value is -2.80. The van der Waals surface area contributed by atoms with E-state index in [-0.39, 0.29) is 18.8 Å². The molecule has 0 spiro atoms. The number of nitrogens with one attached hydrogen (secondary N) is 1. The molecule has 1 fully saturated rings. The zero-order chi connectivity index (χ0) is 19.1. The molecule has 1 aliphatic heterocycles. The molecule has 7 nitrogen and oxygen atoms in total. The van der Waals surface area contributed by atoms with Gasteiger partial charge >= 0.3 is 5.97 Å². The Labute approximate surface area is 157 Å². The SMILES string of the molecule is C[C@@H](NC(=O)COC(=O)c1ccc(OC[C@H]2CCCO2)cc1)c1ccco1. The highest BCUT2D eigenvalue weighted by Gasteiger charge is 2.17. The predicted octanol–water partition coefficient (Wildman–Crippen LogP) is 2.87. The van der Waals surface area contributed by atoms with Crippen molar-refractivity contribution in [2.45, 2.75) is 31.9 Å². The van der Waals surface area contributed by atoms with E-state index in [1.165, 1.54) is 6.26 Å². The van der Waals surface area contributed by atoms with Crippen LogP contribution in [0.5, 0.6) is 5.75 Å². The number of benzene rings is 1. The van der Waals surface area contributed by atoms with Crippen LogP contribution < -0.4 is 10.1 Å². The van der Waals surface area contributed by atoms with Gasteiger partial charge in [0.15, 0.2) is 6.61 Å². The smallest absolute Gasteiger partial charge is 0.338 e. The highest BCUT2D eigenvalue weighted by Crippen LogP contribution is 2.17. The Morgan fingerprint density at radius 2 is 2.07 bits per heavy atom. The summed E-state index contributed by atoms with van der Waals surface area (Å²) in [6, 6.07) is 9.82. The molecule has 2 aromatic rings. The van der Waals surface area contributed by atoms with Crippen LogP contribution in [0.4, 0.5) is 0 Å². The third-order valence-corrected chi connectivity index (χ3v) is 4.23. The van der Waals surface area contributed by atoms with Gasteiger partial charge in [0.25, 0.3) is 5.91 Å². The van der Waals surface area contributed by atoms with Crippen molar-refractivity contribution in [3.05, 3.63) is 54.0 Å². The first-order chi connectivity index (χ1) is 13.1. The molecule has 0 saturated carbocycles. The monoisotopic (exact) mass is 373 g/mol. The van der Waals surface area contributed by atoms with E-state index < -0.39 is 11.9 Å². The van der Waals surface area contributed by atoms with E-state index in [4.69, 9.17) is 18.6 Å². The zero-order valence-corrected chi connectivity index (χ0v) is 15.2. The lowest BCUT2D eigenvalue weighted by molar-refractivity contribution is -0.125. The van der Waals surface area contributed by atoms with Crippen LogP contribution in [0.1, 0.15) is 41.9 Å². The Morgan fingerprint density at radius 1 is 1.26 bits per heavy atom. The Bertz CT molecular complexity index is 734. The van der Waals surface area contributed by atoms with Crippen molar-refractivity contribution < 1.29 is 28.2 Å².